The number of hydrogen-bond acceptors (Lipinski definition) is 7. The van der Waals surface area contributed by atoms with Crippen LogP contribution in [0.1, 0.15) is 5.56 Å². The first-order chi connectivity index (χ1) is 7.24. The van der Waals surface area contributed by atoms with Crippen LogP contribution in [0.4, 0.5) is 0 Å². The van der Waals surface area contributed by atoms with Crippen molar-refractivity contribution in [1.82, 2.24) is 0 Å². The topological polar surface area (TPSA) is 147 Å². The van der Waals surface area contributed by atoms with E-state index in [0.29, 0.717) is 13.0 Å². The predicted molar refractivity (Wildman–Crippen MR) is 65.7 cm³/mol. The third kappa shape index (κ3) is 12.3. The summed E-state index contributed by atoms with van der Waals surface area (Å²) in [6, 6.07) is 4.71. The van der Waals surface area contributed by atoms with E-state index in [1.54, 1.807) is 6.07 Å². The molecule has 0 radical (unpaired) electrons. The van der Waals surface area contributed by atoms with Gasteiger partial charge in [0.15, 0.2) is 11.5 Å². The summed E-state index contributed by atoms with van der Waals surface area (Å²) in [4.78, 5) is 29.3. The molecule has 0 aliphatic carbocycles. The van der Waals surface area contributed by atoms with E-state index >= 15 is 0 Å². The summed E-state index contributed by atoms with van der Waals surface area (Å²) in [5, 5.41) is 18.0. The molecule has 0 fully saturated rings. The Hall–Kier alpha value is 0.0966. The van der Waals surface area contributed by atoms with Crippen molar-refractivity contribution >= 4 is 46.8 Å². The Bertz CT molecular complexity index is 326. The molecule has 0 saturated heterocycles. The average Bonchev–Trinajstić information content (AvgIpc) is 2.09. The molecule has 1 aromatic rings. The summed E-state index contributed by atoms with van der Waals surface area (Å²) in [7, 11) is -4.61. The molecule has 0 amide bonds. The fraction of sp³-hybridized carbons (Fsp3) is 0.250. The summed E-state index contributed by atoms with van der Waals surface area (Å²) < 4.78 is 0. The Morgan fingerprint density at radius 1 is 1.00 bits per heavy atom. The second kappa shape index (κ2) is 9.08. The van der Waals surface area contributed by atoms with Crippen LogP contribution in [0.15, 0.2) is 18.2 Å². The van der Waals surface area contributed by atoms with Crippen LogP contribution in [0.25, 0.3) is 0 Å². The van der Waals surface area contributed by atoms with Gasteiger partial charge in [-0.15, -0.1) is 0 Å². The second-order valence-corrected chi connectivity index (χ2v) is 4.16. The average molecular weight is 291 g/mol. The molecule has 0 heterocycles. The molecule has 0 saturated carbocycles. The van der Waals surface area contributed by atoms with Crippen molar-refractivity contribution < 1.29 is 29.4 Å². The van der Waals surface area contributed by atoms with E-state index in [0.717, 1.165) is 5.56 Å². The zero-order chi connectivity index (χ0) is 12.8. The van der Waals surface area contributed by atoms with Gasteiger partial charge >= 0.3 is 46.8 Å². The number of hydrogen-bond donors (Lipinski definition) is 7. The van der Waals surface area contributed by atoms with Gasteiger partial charge in [0.2, 0.25) is 0 Å². The molecule has 0 aliphatic rings. The minimum absolute atomic E-state index is 0. The van der Waals surface area contributed by atoms with Gasteiger partial charge in [-0.2, -0.15) is 0 Å². The van der Waals surface area contributed by atoms with Crippen LogP contribution in [-0.2, 0) is 6.42 Å². The van der Waals surface area contributed by atoms with Gasteiger partial charge in [-0.05, 0) is 30.7 Å². The number of nitrogens with two attached hydrogens (primary N) is 1. The van der Waals surface area contributed by atoms with E-state index in [4.69, 9.17) is 35.1 Å². The van der Waals surface area contributed by atoms with Crippen molar-refractivity contribution in [2.24, 2.45) is 5.73 Å². The van der Waals surface area contributed by atoms with E-state index in [1.165, 1.54) is 12.1 Å². The number of rotatable bonds is 2. The summed E-state index contributed by atoms with van der Waals surface area (Å²) in [6.45, 7) is 0.546. The molecule has 0 aromatic heterocycles. The first-order valence-corrected chi connectivity index (χ1v) is 6.13. The number of benzene rings is 1. The van der Waals surface area contributed by atoms with Crippen molar-refractivity contribution in [2.75, 3.05) is 6.54 Å². The van der Waals surface area contributed by atoms with Crippen molar-refractivity contribution in [1.29, 1.82) is 0 Å². The number of phenols is 2. The number of phenolic OH excluding ortho intramolecular Hbond substituents is 2. The monoisotopic (exact) mass is 291 g/mol. The molecule has 1 rings (SSSR count). The molecule has 8 N–H and O–H groups in total. The first kappa shape index (κ1) is 19.4. The SMILES string of the molecule is NCCc1ccc(O)c(O)c1.O[Si](O)(O)O.[CaH2]. The van der Waals surface area contributed by atoms with Gasteiger partial charge < -0.3 is 35.1 Å². The van der Waals surface area contributed by atoms with Gasteiger partial charge in [0.1, 0.15) is 0 Å². The maximum absolute atomic E-state index is 9.04. The quantitative estimate of drug-likeness (QED) is 0.228. The normalized spacial score (nSPS) is 9.94. The molecular weight excluding hydrogens is 274 g/mol. The van der Waals surface area contributed by atoms with Crippen LogP contribution in [0.5, 0.6) is 11.5 Å². The van der Waals surface area contributed by atoms with E-state index in [9.17, 15) is 0 Å². The van der Waals surface area contributed by atoms with Crippen molar-refractivity contribution in [2.45, 2.75) is 6.42 Å². The van der Waals surface area contributed by atoms with Crippen LogP contribution < -0.4 is 5.73 Å². The summed E-state index contributed by atoms with van der Waals surface area (Å²) in [5.74, 6) is -0.179. The van der Waals surface area contributed by atoms with Crippen LogP contribution in [-0.4, -0.2) is 82.7 Å². The van der Waals surface area contributed by atoms with Crippen LogP contribution >= 0.6 is 0 Å². The molecule has 0 bridgehead atoms. The van der Waals surface area contributed by atoms with Crippen LogP contribution in [0.2, 0.25) is 0 Å². The van der Waals surface area contributed by atoms with Gasteiger partial charge in [0.25, 0.3) is 0 Å². The van der Waals surface area contributed by atoms with Crippen molar-refractivity contribution in [3.8, 4) is 11.5 Å². The van der Waals surface area contributed by atoms with Crippen molar-refractivity contribution in [3.63, 3.8) is 0 Å². The molecule has 0 atom stereocenters. The molecule has 17 heavy (non-hydrogen) atoms. The molecule has 0 spiro atoms. The summed E-state index contributed by atoms with van der Waals surface area (Å²) in [5.41, 5.74) is 6.24. The molecule has 96 valence electrons. The Morgan fingerprint density at radius 3 is 1.82 bits per heavy atom. The van der Waals surface area contributed by atoms with E-state index in [2.05, 4.69) is 0 Å². The van der Waals surface area contributed by atoms with Gasteiger partial charge in [0.05, 0.1) is 0 Å². The standard InChI is InChI=1S/C8H11NO2.Ca.H4O4Si.2H/c9-4-3-6-1-2-7(10)8(11)5-6;;1-5(2,3)4;;/h1-2,5,10-11H,3-4,9H2;;1-4H;;. The van der Waals surface area contributed by atoms with Crippen LogP contribution in [0.3, 0.4) is 0 Å². The van der Waals surface area contributed by atoms with Gasteiger partial charge in [-0.25, -0.2) is 0 Å². The summed E-state index contributed by atoms with van der Waals surface area (Å²) >= 11 is 0. The van der Waals surface area contributed by atoms with E-state index < -0.39 is 9.05 Å². The fourth-order valence-electron chi connectivity index (χ4n) is 0.891. The molecule has 7 nitrogen and oxygen atoms in total. The molecule has 0 aliphatic heterocycles. The third-order valence-electron chi connectivity index (χ3n) is 1.47. The second-order valence-electron chi connectivity index (χ2n) is 2.96. The Morgan fingerprint density at radius 2 is 1.47 bits per heavy atom. The first-order valence-electron chi connectivity index (χ1n) is 4.34. The molecule has 1 aromatic carbocycles. The minimum atomic E-state index is -4.61. The van der Waals surface area contributed by atoms with E-state index in [1.807, 2.05) is 0 Å². The van der Waals surface area contributed by atoms with Gasteiger partial charge in [-0.3, -0.25) is 0 Å². The predicted octanol–water partition coefficient (Wildman–Crippen LogP) is -2.93. The Balaban J connectivity index is 0. The molecular formula is C8H17CaNO6Si. The fourth-order valence-corrected chi connectivity index (χ4v) is 0.891. The molecule has 9 heteroatoms. The van der Waals surface area contributed by atoms with E-state index in [-0.39, 0.29) is 49.2 Å². The van der Waals surface area contributed by atoms with Crippen LogP contribution in [0, 0.1) is 0 Å². The number of aromatic hydroxyl groups is 2. The third-order valence-corrected chi connectivity index (χ3v) is 1.47. The summed E-state index contributed by atoms with van der Waals surface area (Å²) in [6.07, 6.45) is 0.716. The maximum atomic E-state index is 9.04. The Labute approximate surface area is 129 Å². The molecule has 0 unspecified atom stereocenters. The zero-order valence-corrected chi connectivity index (χ0v) is 9.41. The zero-order valence-electron chi connectivity index (χ0n) is 8.41. The Kier molecular flexibility index (Phi) is 10.4. The van der Waals surface area contributed by atoms with Crippen molar-refractivity contribution in [3.05, 3.63) is 23.8 Å². The van der Waals surface area contributed by atoms with Gasteiger partial charge in [-0.1, -0.05) is 6.07 Å². The van der Waals surface area contributed by atoms with Gasteiger partial charge in [0, 0.05) is 0 Å².